The summed E-state index contributed by atoms with van der Waals surface area (Å²) in [5, 5.41) is 0. The number of rotatable bonds is 4. The Labute approximate surface area is 198 Å². The Balaban J connectivity index is 0.00000231. The van der Waals surface area contributed by atoms with Crippen LogP contribution in [0.5, 0.6) is 0 Å². The largest absolute Gasteiger partial charge is 0.368 e. The molecule has 0 spiro atoms. The van der Waals surface area contributed by atoms with Crippen LogP contribution < -0.4 is 9.80 Å². The normalized spacial score (nSPS) is 16.5. The zero-order valence-electron chi connectivity index (χ0n) is 17.5. The third-order valence-electron chi connectivity index (χ3n) is 6.00. The van der Waals surface area contributed by atoms with E-state index in [9.17, 15) is 0 Å². The molecule has 2 aliphatic heterocycles. The lowest BCUT2D eigenvalue weighted by atomic mass is 10.1. The van der Waals surface area contributed by atoms with Crippen LogP contribution in [-0.2, 0) is 19.5 Å². The SMILES string of the molecule is Brc1ccc(CN2CCc3nc(N4CCN(c5ccccc5)CC4)ncc3C2)cc1.Cl. The number of fused-ring (bicyclic) bond motifs is 1. The highest BCUT2D eigenvalue weighted by molar-refractivity contribution is 9.10. The molecular formula is C24H27BrClN5. The second-order valence-electron chi connectivity index (χ2n) is 8.04. The highest BCUT2D eigenvalue weighted by Gasteiger charge is 2.23. The van der Waals surface area contributed by atoms with Crippen LogP contribution >= 0.6 is 28.3 Å². The molecule has 0 atom stereocenters. The van der Waals surface area contributed by atoms with Gasteiger partial charge in [0.2, 0.25) is 5.95 Å². The fourth-order valence-electron chi connectivity index (χ4n) is 4.30. The minimum atomic E-state index is 0. The number of hydrogen-bond donors (Lipinski definition) is 0. The van der Waals surface area contributed by atoms with Crippen molar-refractivity contribution in [3.8, 4) is 0 Å². The summed E-state index contributed by atoms with van der Waals surface area (Å²) >= 11 is 3.51. The molecule has 1 aromatic heterocycles. The second kappa shape index (κ2) is 9.98. The van der Waals surface area contributed by atoms with Gasteiger partial charge < -0.3 is 9.80 Å². The first-order valence-corrected chi connectivity index (χ1v) is 11.4. The van der Waals surface area contributed by atoms with Crippen molar-refractivity contribution in [2.45, 2.75) is 19.5 Å². The summed E-state index contributed by atoms with van der Waals surface area (Å²) in [4.78, 5) is 16.9. The van der Waals surface area contributed by atoms with Gasteiger partial charge in [0.15, 0.2) is 0 Å². The summed E-state index contributed by atoms with van der Waals surface area (Å²) in [7, 11) is 0. The van der Waals surface area contributed by atoms with E-state index in [4.69, 9.17) is 9.97 Å². The third kappa shape index (κ3) is 5.20. The van der Waals surface area contributed by atoms with Crippen LogP contribution in [-0.4, -0.2) is 47.6 Å². The number of hydrogen-bond acceptors (Lipinski definition) is 5. The van der Waals surface area contributed by atoms with Gasteiger partial charge in [-0.3, -0.25) is 4.90 Å². The van der Waals surface area contributed by atoms with Crippen molar-refractivity contribution in [3.05, 3.63) is 82.1 Å². The minimum absolute atomic E-state index is 0. The van der Waals surface area contributed by atoms with Gasteiger partial charge in [0.1, 0.15) is 0 Å². The van der Waals surface area contributed by atoms with E-state index < -0.39 is 0 Å². The average Bonchev–Trinajstić information content (AvgIpc) is 2.81. The Morgan fingerprint density at radius 3 is 2.29 bits per heavy atom. The van der Waals surface area contributed by atoms with Gasteiger partial charge in [-0.1, -0.05) is 46.3 Å². The molecule has 0 aliphatic carbocycles. The topological polar surface area (TPSA) is 35.5 Å². The Kier molecular flexibility index (Phi) is 7.10. The highest BCUT2D eigenvalue weighted by Crippen LogP contribution is 2.23. The predicted octanol–water partition coefficient (Wildman–Crippen LogP) is 4.55. The van der Waals surface area contributed by atoms with E-state index in [1.807, 2.05) is 0 Å². The quantitative estimate of drug-likeness (QED) is 0.525. The zero-order valence-corrected chi connectivity index (χ0v) is 19.9. The summed E-state index contributed by atoms with van der Waals surface area (Å²) < 4.78 is 1.13. The molecule has 31 heavy (non-hydrogen) atoms. The van der Waals surface area contributed by atoms with E-state index in [1.54, 1.807) is 0 Å². The van der Waals surface area contributed by atoms with Crippen LogP contribution in [0.4, 0.5) is 11.6 Å². The fourth-order valence-corrected chi connectivity index (χ4v) is 4.57. The van der Waals surface area contributed by atoms with Gasteiger partial charge >= 0.3 is 0 Å². The summed E-state index contributed by atoms with van der Waals surface area (Å²) in [6.07, 6.45) is 3.04. The number of benzene rings is 2. The maximum Gasteiger partial charge on any atom is 0.225 e. The number of nitrogens with zero attached hydrogens (tertiary/aromatic N) is 5. The zero-order chi connectivity index (χ0) is 20.3. The lowest BCUT2D eigenvalue weighted by Gasteiger charge is -2.36. The molecule has 0 amide bonds. The maximum atomic E-state index is 4.95. The Bertz CT molecular complexity index is 991. The first-order valence-electron chi connectivity index (χ1n) is 10.6. The molecule has 0 saturated carbocycles. The molecule has 5 nitrogen and oxygen atoms in total. The highest BCUT2D eigenvalue weighted by atomic mass is 79.9. The van der Waals surface area contributed by atoms with E-state index in [1.165, 1.54) is 22.5 Å². The molecular weight excluding hydrogens is 474 g/mol. The van der Waals surface area contributed by atoms with Gasteiger partial charge in [0, 0.05) is 74.2 Å². The van der Waals surface area contributed by atoms with Crippen LogP contribution in [0.2, 0.25) is 0 Å². The fraction of sp³-hybridized carbons (Fsp3) is 0.333. The van der Waals surface area contributed by atoms with E-state index >= 15 is 0 Å². The number of halogens is 2. The van der Waals surface area contributed by atoms with E-state index in [0.29, 0.717) is 0 Å². The molecule has 2 aromatic carbocycles. The number of anilines is 2. The van der Waals surface area contributed by atoms with Crippen molar-refractivity contribution in [3.63, 3.8) is 0 Å². The molecule has 1 saturated heterocycles. The van der Waals surface area contributed by atoms with Crippen molar-refractivity contribution < 1.29 is 0 Å². The summed E-state index contributed by atoms with van der Waals surface area (Å²) in [6, 6.07) is 19.3. The van der Waals surface area contributed by atoms with E-state index in [-0.39, 0.29) is 12.4 Å². The standard InChI is InChI=1S/C24H26BrN5.ClH/c25-21-8-6-19(7-9-21)17-28-11-10-23-20(18-28)16-26-24(27-23)30-14-12-29(13-15-30)22-4-2-1-3-5-22;/h1-9,16H,10-15,17-18H2;1H. The molecule has 0 bridgehead atoms. The van der Waals surface area contributed by atoms with Gasteiger partial charge in [-0.15, -0.1) is 12.4 Å². The van der Waals surface area contributed by atoms with Crippen molar-refractivity contribution in [2.75, 3.05) is 42.5 Å². The van der Waals surface area contributed by atoms with Crippen LogP contribution in [0.1, 0.15) is 16.8 Å². The van der Waals surface area contributed by atoms with Gasteiger partial charge in [-0.05, 0) is 29.8 Å². The molecule has 162 valence electrons. The maximum absolute atomic E-state index is 4.95. The average molecular weight is 501 g/mol. The molecule has 2 aliphatic rings. The van der Waals surface area contributed by atoms with Crippen LogP contribution in [0.15, 0.2) is 65.3 Å². The summed E-state index contributed by atoms with van der Waals surface area (Å²) in [5.74, 6) is 0.892. The molecule has 5 rings (SSSR count). The van der Waals surface area contributed by atoms with Crippen molar-refractivity contribution in [1.82, 2.24) is 14.9 Å². The Hall–Kier alpha value is -2.15. The van der Waals surface area contributed by atoms with Crippen molar-refractivity contribution in [1.29, 1.82) is 0 Å². The van der Waals surface area contributed by atoms with Gasteiger partial charge in [0.05, 0.1) is 5.69 Å². The lowest BCUT2D eigenvalue weighted by molar-refractivity contribution is 0.243. The summed E-state index contributed by atoms with van der Waals surface area (Å²) in [6.45, 7) is 6.87. The number of piperazine rings is 1. The van der Waals surface area contributed by atoms with Gasteiger partial charge in [0.25, 0.3) is 0 Å². The van der Waals surface area contributed by atoms with Crippen LogP contribution in [0.25, 0.3) is 0 Å². The Morgan fingerprint density at radius 2 is 1.55 bits per heavy atom. The van der Waals surface area contributed by atoms with Gasteiger partial charge in [-0.2, -0.15) is 0 Å². The monoisotopic (exact) mass is 499 g/mol. The molecule has 3 heterocycles. The van der Waals surface area contributed by atoms with Crippen molar-refractivity contribution in [2.24, 2.45) is 0 Å². The first-order chi connectivity index (χ1) is 14.7. The minimum Gasteiger partial charge on any atom is -0.368 e. The molecule has 7 heteroatoms. The predicted molar refractivity (Wildman–Crippen MR) is 132 cm³/mol. The molecule has 0 radical (unpaired) electrons. The van der Waals surface area contributed by atoms with E-state index in [0.717, 1.165) is 62.7 Å². The second-order valence-corrected chi connectivity index (χ2v) is 8.95. The molecule has 3 aromatic rings. The Morgan fingerprint density at radius 1 is 0.839 bits per heavy atom. The van der Waals surface area contributed by atoms with Crippen molar-refractivity contribution >= 4 is 40.0 Å². The first kappa shape index (κ1) is 22.1. The van der Waals surface area contributed by atoms with Crippen LogP contribution in [0.3, 0.4) is 0 Å². The lowest BCUT2D eigenvalue weighted by Crippen LogP contribution is -2.47. The summed E-state index contributed by atoms with van der Waals surface area (Å²) in [5.41, 5.74) is 5.13. The van der Waals surface area contributed by atoms with Crippen LogP contribution in [0, 0.1) is 0 Å². The van der Waals surface area contributed by atoms with Gasteiger partial charge in [-0.25, -0.2) is 9.97 Å². The third-order valence-corrected chi connectivity index (χ3v) is 6.53. The number of aromatic nitrogens is 2. The molecule has 0 unspecified atom stereocenters. The van der Waals surface area contributed by atoms with E-state index in [2.05, 4.69) is 91.4 Å². The smallest absolute Gasteiger partial charge is 0.225 e. The number of para-hydroxylation sites is 1. The molecule has 1 fully saturated rings. The molecule has 0 N–H and O–H groups in total.